The third-order valence-corrected chi connectivity index (χ3v) is 4.98. The van der Waals surface area contributed by atoms with Crippen LogP contribution in [0.3, 0.4) is 0 Å². The fraction of sp³-hybridized carbons (Fsp3) is 0.238. The Labute approximate surface area is 169 Å². The summed E-state index contributed by atoms with van der Waals surface area (Å²) >= 11 is 0. The molecule has 1 amide bonds. The first-order chi connectivity index (χ1) is 14.3. The van der Waals surface area contributed by atoms with Crippen LogP contribution in [0, 0.1) is 5.92 Å². The number of hydrogen-bond donors (Lipinski definition) is 0. The first-order valence-corrected chi connectivity index (χ1v) is 9.27. The van der Waals surface area contributed by atoms with Crippen LogP contribution in [0.1, 0.15) is 15.9 Å². The molecule has 2 aromatic heterocycles. The van der Waals surface area contributed by atoms with E-state index in [1.807, 2.05) is 0 Å². The molecule has 6 nitrogen and oxygen atoms in total. The summed E-state index contributed by atoms with van der Waals surface area (Å²) in [6, 6.07) is 11.3. The summed E-state index contributed by atoms with van der Waals surface area (Å²) in [7, 11) is 0. The molecule has 0 N–H and O–H groups in total. The molecular weight excluding hydrogens is 397 g/mol. The van der Waals surface area contributed by atoms with Crippen LogP contribution < -0.4 is 5.56 Å². The molecule has 154 valence electrons. The molecule has 9 heteroatoms. The average Bonchev–Trinajstić information content (AvgIpc) is 2.71. The lowest BCUT2D eigenvalue weighted by Crippen LogP contribution is -2.52. The minimum absolute atomic E-state index is 0.0649. The summed E-state index contributed by atoms with van der Waals surface area (Å²) in [6.45, 7) is 0.805. The topological polar surface area (TPSA) is 68.1 Å². The lowest BCUT2D eigenvalue weighted by atomic mass is 9.97. The van der Waals surface area contributed by atoms with Crippen molar-refractivity contribution < 1.29 is 18.0 Å². The molecule has 1 fully saturated rings. The summed E-state index contributed by atoms with van der Waals surface area (Å²) in [5.41, 5.74) is -0.156. The number of amides is 1. The number of carbonyl (C=O) groups excluding carboxylic acids is 1. The van der Waals surface area contributed by atoms with Crippen molar-refractivity contribution in [1.82, 2.24) is 19.7 Å². The molecule has 0 aliphatic carbocycles. The van der Waals surface area contributed by atoms with Gasteiger partial charge in [-0.1, -0.05) is 12.1 Å². The fourth-order valence-electron chi connectivity index (χ4n) is 3.44. The fourth-order valence-corrected chi connectivity index (χ4v) is 3.44. The number of carbonyl (C=O) groups is 1. The number of aromatic nitrogens is 3. The van der Waals surface area contributed by atoms with Gasteiger partial charge in [0.2, 0.25) is 0 Å². The maximum atomic E-state index is 13.2. The van der Waals surface area contributed by atoms with Crippen molar-refractivity contribution in [2.75, 3.05) is 13.1 Å². The Hall–Kier alpha value is -3.49. The molecule has 0 bridgehead atoms. The van der Waals surface area contributed by atoms with Gasteiger partial charge in [-0.3, -0.25) is 14.6 Å². The molecule has 30 heavy (non-hydrogen) atoms. The Kier molecular flexibility index (Phi) is 5.11. The second-order valence-electron chi connectivity index (χ2n) is 7.09. The van der Waals surface area contributed by atoms with E-state index >= 15 is 0 Å². The molecular formula is C21H17F3N4O2. The molecule has 1 aliphatic heterocycles. The summed E-state index contributed by atoms with van der Waals surface area (Å²) in [5.74, 6) is -0.727. The SMILES string of the molecule is O=C(c1ccccc1C(F)(F)F)N1CC(Cn2nc(-c3ccncc3)ccc2=O)C1. The largest absolute Gasteiger partial charge is 0.417 e. The lowest BCUT2D eigenvalue weighted by Gasteiger charge is -2.39. The molecule has 3 heterocycles. The van der Waals surface area contributed by atoms with Crippen molar-refractivity contribution in [3.05, 3.63) is 82.4 Å². The van der Waals surface area contributed by atoms with Crippen molar-refractivity contribution in [3.8, 4) is 11.3 Å². The monoisotopic (exact) mass is 414 g/mol. The van der Waals surface area contributed by atoms with E-state index in [9.17, 15) is 22.8 Å². The summed E-state index contributed by atoms with van der Waals surface area (Å²) in [6.07, 6.45) is -1.34. The van der Waals surface area contributed by atoms with E-state index in [4.69, 9.17) is 0 Å². The van der Waals surface area contributed by atoms with E-state index in [-0.39, 0.29) is 36.7 Å². The van der Waals surface area contributed by atoms with Crippen LogP contribution >= 0.6 is 0 Å². The zero-order chi connectivity index (χ0) is 21.3. The molecule has 0 radical (unpaired) electrons. The zero-order valence-electron chi connectivity index (χ0n) is 15.7. The van der Waals surface area contributed by atoms with E-state index in [1.165, 1.54) is 33.8 Å². The molecule has 1 aliphatic rings. The first kappa shape index (κ1) is 19.8. The Balaban J connectivity index is 1.45. The standard InChI is InChI=1S/C21H17F3N4O2/c22-21(23,24)17-4-2-1-3-16(17)20(30)27-11-14(12-27)13-28-19(29)6-5-18(26-28)15-7-9-25-10-8-15/h1-10,14H,11-13H2. The van der Waals surface area contributed by atoms with E-state index in [1.54, 1.807) is 30.6 Å². The molecule has 0 atom stereocenters. The third kappa shape index (κ3) is 3.96. The summed E-state index contributed by atoms with van der Waals surface area (Å²) in [4.78, 5) is 30.0. The van der Waals surface area contributed by atoms with Crippen LogP contribution in [0.25, 0.3) is 11.3 Å². The van der Waals surface area contributed by atoms with Crippen LogP contribution in [0.5, 0.6) is 0 Å². The number of alkyl halides is 3. The number of likely N-dealkylation sites (tertiary alicyclic amines) is 1. The molecule has 0 saturated carbocycles. The van der Waals surface area contributed by atoms with Gasteiger partial charge in [-0.15, -0.1) is 0 Å². The van der Waals surface area contributed by atoms with Crippen molar-refractivity contribution in [2.24, 2.45) is 5.92 Å². The van der Waals surface area contributed by atoms with Crippen LogP contribution in [0.4, 0.5) is 13.2 Å². The third-order valence-electron chi connectivity index (χ3n) is 4.98. The average molecular weight is 414 g/mol. The minimum atomic E-state index is -4.60. The van der Waals surface area contributed by atoms with Gasteiger partial charge >= 0.3 is 6.18 Å². The number of hydrogen-bond acceptors (Lipinski definition) is 4. The molecule has 4 rings (SSSR count). The second-order valence-corrected chi connectivity index (χ2v) is 7.09. The number of benzene rings is 1. The highest BCUT2D eigenvalue weighted by Crippen LogP contribution is 2.33. The Morgan fingerprint density at radius 2 is 1.73 bits per heavy atom. The van der Waals surface area contributed by atoms with Gasteiger partial charge in [0.05, 0.1) is 23.4 Å². The highest BCUT2D eigenvalue weighted by Gasteiger charge is 2.38. The van der Waals surface area contributed by atoms with E-state index in [0.717, 1.165) is 11.6 Å². The normalized spacial score (nSPS) is 14.4. The molecule has 0 unspecified atom stereocenters. The van der Waals surface area contributed by atoms with Crippen molar-refractivity contribution in [3.63, 3.8) is 0 Å². The maximum Gasteiger partial charge on any atom is 0.417 e. The van der Waals surface area contributed by atoms with E-state index < -0.39 is 17.6 Å². The Morgan fingerprint density at radius 3 is 2.43 bits per heavy atom. The highest BCUT2D eigenvalue weighted by atomic mass is 19.4. The number of halogens is 3. The number of rotatable bonds is 4. The van der Waals surface area contributed by atoms with E-state index in [2.05, 4.69) is 10.1 Å². The quantitative estimate of drug-likeness (QED) is 0.658. The predicted octanol–water partition coefficient (Wildman–Crippen LogP) is 3.10. The first-order valence-electron chi connectivity index (χ1n) is 9.27. The Morgan fingerprint density at radius 1 is 1.03 bits per heavy atom. The summed E-state index contributed by atoms with van der Waals surface area (Å²) < 4.78 is 40.8. The summed E-state index contributed by atoms with van der Waals surface area (Å²) in [5, 5.41) is 4.36. The van der Waals surface area contributed by atoms with Gasteiger partial charge in [0.1, 0.15) is 0 Å². The van der Waals surface area contributed by atoms with Gasteiger partial charge in [0, 0.05) is 43.0 Å². The number of nitrogens with zero attached hydrogens (tertiary/aromatic N) is 4. The van der Waals surface area contributed by atoms with Crippen LogP contribution in [0.2, 0.25) is 0 Å². The van der Waals surface area contributed by atoms with Gasteiger partial charge in [0.15, 0.2) is 0 Å². The van der Waals surface area contributed by atoms with Crippen LogP contribution in [-0.2, 0) is 12.7 Å². The zero-order valence-corrected chi connectivity index (χ0v) is 15.7. The van der Waals surface area contributed by atoms with Gasteiger partial charge in [-0.25, -0.2) is 4.68 Å². The van der Waals surface area contributed by atoms with Crippen molar-refractivity contribution >= 4 is 5.91 Å². The Bertz CT molecular complexity index is 1120. The van der Waals surface area contributed by atoms with Crippen LogP contribution in [0.15, 0.2) is 65.7 Å². The molecule has 1 saturated heterocycles. The minimum Gasteiger partial charge on any atom is -0.338 e. The van der Waals surface area contributed by atoms with Gasteiger partial charge in [0.25, 0.3) is 11.5 Å². The molecule has 0 spiro atoms. The van der Waals surface area contributed by atoms with Gasteiger partial charge < -0.3 is 4.90 Å². The number of pyridine rings is 1. The van der Waals surface area contributed by atoms with Crippen molar-refractivity contribution in [2.45, 2.75) is 12.7 Å². The predicted molar refractivity (Wildman–Crippen MR) is 103 cm³/mol. The lowest BCUT2D eigenvalue weighted by molar-refractivity contribution is -0.138. The smallest absolute Gasteiger partial charge is 0.338 e. The highest BCUT2D eigenvalue weighted by molar-refractivity contribution is 5.96. The van der Waals surface area contributed by atoms with Gasteiger partial charge in [-0.05, 0) is 30.3 Å². The molecule has 3 aromatic rings. The van der Waals surface area contributed by atoms with Crippen LogP contribution in [-0.4, -0.2) is 38.7 Å². The second kappa shape index (κ2) is 7.74. The van der Waals surface area contributed by atoms with E-state index in [0.29, 0.717) is 5.69 Å². The maximum absolute atomic E-state index is 13.2. The molecule has 1 aromatic carbocycles. The van der Waals surface area contributed by atoms with Gasteiger partial charge in [-0.2, -0.15) is 18.3 Å². The van der Waals surface area contributed by atoms with Crippen molar-refractivity contribution in [1.29, 1.82) is 0 Å².